The van der Waals surface area contributed by atoms with Gasteiger partial charge in [-0.1, -0.05) is 24.3 Å². The molecule has 98 valence electrons. The van der Waals surface area contributed by atoms with Gasteiger partial charge in [-0.3, -0.25) is 0 Å². The molecule has 0 heterocycles. The van der Waals surface area contributed by atoms with Gasteiger partial charge in [-0.25, -0.2) is 8.78 Å². The Labute approximate surface area is 110 Å². The van der Waals surface area contributed by atoms with Gasteiger partial charge in [0, 0.05) is 19.3 Å². The molecule has 19 heavy (non-hydrogen) atoms. The number of halogens is 2. The minimum atomic E-state index is -1.02. The summed E-state index contributed by atoms with van der Waals surface area (Å²) in [5, 5.41) is 10.6. The normalized spacial score (nSPS) is 16.4. The molecular formula is C16H14F2O. The monoisotopic (exact) mass is 260 g/mol. The molecule has 0 aliphatic heterocycles. The first kappa shape index (κ1) is 12.3. The molecule has 0 saturated carbocycles. The van der Waals surface area contributed by atoms with Crippen molar-refractivity contribution >= 4 is 0 Å². The second kappa shape index (κ2) is 4.42. The SMILES string of the molecule is OC1(Cc2cc(F)ccc2F)Cc2ccccc2C1. The van der Waals surface area contributed by atoms with Crippen molar-refractivity contribution in [3.63, 3.8) is 0 Å². The van der Waals surface area contributed by atoms with Crippen LogP contribution < -0.4 is 0 Å². The summed E-state index contributed by atoms with van der Waals surface area (Å²) in [6, 6.07) is 11.1. The van der Waals surface area contributed by atoms with E-state index in [9.17, 15) is 13.9 Å². The molecule has 2 aromatic carbocycles. The Morgan fingerprint density at radius 3 is 2.26 bits per heavy atom. The van der Waals surface area contributed by atoms with E-state index in [2.05, 4.69) is 0 Å². The average Bonchev–Trinajstić information content (AvgIpc) is 2.69. The summed E-state index contributed by atoms with van der Waals surface area (Å²) in [5.74, 6) is -0.943. The topological polar surface area (TPSA) is 20.2 Å². The summed E-state index contributed by atoms with van der Waals surface area (Å²) in [6.07, 6.45) is 1.10. The van der Waals surface area contributed by atoms with Gasteiger partial charge in [-0.15, -0.1) is 0 Å². The third-order valence-corrected chi connectivity index (χ3v) is 3.68. The number of aliphatic hydroxyl groups is 1. The standard InChI is InChI=1S/C16H14F2O/c17-14-5-6-15(18)13(7-14)10-16(19)8-11-3-1-2-4-12(11)9-16/h1-7,19H,8-10H2. The number of rotatable bonds is 2. The van der Waals surface area contributed by atoms with Crippen molar-refractivity contribution in [1.82, 2.24) is 0 Å². The fraction of sp³-hybridized carbons (Fsp3) is 0.250. The van der Waals surface area contributed by atoms with Crippen LogP contribution in [-0.4, -0.2) is 10.7 Å². The predicted octanol–water partition coefficient (Wildman–Crippen LogP) is 3.04. The maximum Gasteiger partial charge on any atom is 0.126 e. The van der Waals surface area contributed by atoms with Crippen molar-refractivity contribution in [1.29, 1.82) is 0 Å². The van der Waals surface area contributed by atoms with Crippen LogP contribution >= 0.6 is 0 Å². The zero-order chi connectivity index (χ0) is 13.5. The van der Waals surface area contributed by atoms with Gasteiger partial charge in [-0.05, 0) is 34.9 Å². The van der Waals surface area contributed by atoms with Crippen LogP contribution in [0.15, 0.2) is 42.5 Å². The smallest absolute Gasteiger partial charge is 0.126 e. The zero-order valence-corrected chi connectivity index (χ0v) is 10.4. The molecule has 3 heteroatoms. The van der Waals surface area contributed by atoms with Crippen molar-refractivity contribution in [2.45, 2.75) is 24.9 Å². The van der Waals surface area contributed by atoms with Gasteiger partial charge in [0.25, 0.3) is 0 Å². The predicted molar refractivity (Wildman–Crippen MR) is 68.9 cm³/mol. The molecule has 2 aromatic rings. The minimum Gasteiger partial charge on any atom is -0.389 e. The average molecular weight is 260 g/mol. The van der Waals surface area contributed by atoms with Crippen molar-refractivity contribution in [3.8, 4) is 0 Å². The molecule has 0 aromatic heterocycles. The lowest BCUT2D eigenvalue weighted by molar-refractivity contribution is 0.0508. The molecule has 0 amide bonds. The zero-order valence-electron chi connectivity index (χ0n) is 10.4. The van der Waals surface area contributed by atoms with Crippen LogP contribution in [0.5, 0.6) is 0 Å². The summed E-state index contributed by atoms with van der Waals surface area (Å²) < 4.78 is 26.8. The van der Waals surface area contributed by atoms with E-state index in [0.29, 0.717) is 12.8 Å². The quantitative estimate of drug-likeness (QED) is 0.880. The Morgan fingerprint density at radius 1 is 1.00 bits per heavy atom. The summed E-state index contributed by atoms with van der Waals surface area (Å²) >= 11 is 0. The maximum atomic E-state index is 13.6. The van der Waals surface area contributed by atoms with E-state index < -0.39 is 17.2 Å². The van der Waals surface area contributed by atoms with Crippen molar-refractivity contribution < 1.29 is 13.9 Å². The van der Waals surface area contributed by atoms with E-state index in [4.69, 9.17) is 0 Å². The van der Waals surface area contributed by atoms with Crippen LogP contribution in [0.25, 0.3) is 0 Å². The molecule has 1 nitrogen and oxygen atoms in total. The van der Waals surface area contributed by atoms with Crippen molar-refractivity contribution in [2.75, 3.05) is 0 Å². The van der Waals surface area contributed by atoms with Gasteiger partial charge in [0.15, 0.2) is 0 Å². The lowest BCUT2D eigenvalue weighted by Crippen LogP contribution is -2.32. The van der Waals surface area contributed by atoms with E-state index in [-0.39, 0.29) is 12.0 Å². The molecule has 1 aliphatic carbocycles. The van der Waals surface area contributed by atoms with Gasteiger partial charge < -0.3 is 5.11 Å². The third-order valence-electron chi connectivity index (χ3n) is 3.68. The van der Waals surface area contributed by atoms with Gasteiger partial charge in [0.1, 0.15) is 11.6 Å². The van der Waals surface area contributed by atoms with E-state index in [1.54, 1.807) is 0 Å². The molecule has 3 rings (SSSR count). The fourth-order valence-electron chi connectivity index (χ4n) is 2.83. The number of fused-ring (bicyclic) bond motifs is 1. The Bertz CT molecular complexity index is 597. The highest BCUT2D eigenvalue weighted by molar-refractivity contribution is 5.36. The third kappa shape index (κ3) is 2.38. The Hall–Kier alpha value is -1.74. The van der Waals surface area contributed by atoms with Crippen LogP contribution in [0.2, 0.25) is 0 Å². The van der Waals surface area contributed by atoms with E-state index in [1.807, 2.05) is 24.3 Å². The van der Waals surface area contributed by atoms with Crippen LogP contribution in [0.3, 0.4) is 0 Å². The molecule has 0 bridgehead atoms. The fourth-order valence-corrected chi connectivity index (χ4v) is 2.83. The molecule has 0 spiro atoms. The first-order valence-corrected chi connectivity index (χ1v) is 6.29. The Morgan fingerprint density at radius 2 is 1.63 bits per heavy atom. The minimum absolute atomic E-state index is 0.130. The molecule has 0 atom stereocenters. The van der Waals surface area contributed by atoms with Crippen LogP contribution in [0, 0.1) is 11.6 Å². The van der Waals surface area contributed by atoms with Crippen LogP contribution in [0.4, 0.5) is 8.78 Å². The highest BCUT2D eigenvalue weighted by Crippen LogP contribution is 2.33. The number of benzene rings is 2. The molecule has 1 aliphatic rings. The largest absolute Gasteiger partial charge is 0.389 e. The van der Waals surface area contributed by atoms with Gasteiger partial charge in [0.2, 0.25) is 0 Å². The Kier molecular flexibility index (Phi) is 2.86. The molecule has 1 N–H and O–H groups in total. The number of hydrogen-bond donors (Lipinski definition) is 1. The summed E-state index contributed by atoms with van der Waals surface area (Å²) in [4.78, 5) is 0. The first-order valence-electron chi connectivity index (χ1n) is 6.29. The van der Waals surface area contributed by atoms with E-state index in [1.165, 1.54) is 0 Å². The second-order valence-electron chi connectivity index (χ2n) is 5.26. The summed E-state index contributed by atoms with van der Waals surface area (Å²) in [5.41, 5.74) is 1.39. The lowest BCUT2D eigenvalue weighted by Gasteiger charge is -2.22. The molecule has 0 fully saturated rings. The highest BCUT2D eigenvalue weighted by Gasteiger charge is 2.35. The van der Waals surface area contributed by atoms with Crippen molar-refractivity contribution in [2.24, 2.45) is 0 Å². The van der Waals surface area contributed by atoms with Crippen LogP contribution in [0.1, 0.15) is 16.7 Å². The van der Waals surface area contributed by atoms with Gasteiger partial charge in [0.05, 0.1) is 5.60 Å². The van der Waals surface area contributed by atoms with E-state index >= 15 is 0 Å². The second-order valence-corrected chi connectivity index (χ2v) is 5.26. The summed E-state index contributed by atoms with van der Waals surface area (Å²) in [7, 11) is 0. The highest BCUT2D eigenvalue weighted by atomic mass is 19.1. The van der Waals surface area contributed by atoms with Gasteiger partial charge in [-0.2, -0.15) is 0 Å². The summed E-state index contributed by atoms with van der Waals surface area (Å²) in [6.45, 7) is 0. The molecule has 0 radical (unpaired) electrons. The van der Waals surface area contributed by atoms with Crippen LogP contribution in [-0.2, 0) is 19.3 Å². The van der Waals surface area contributed by atoms with Gasteiger partial charge >= 0.3 is 0 Å². The van der Waals surface area contributed by atoms with E-state index in [0.717, 1.165) is 29.3 Å². The van der Waals surface area contributed by atoms with Crippen molar-refractivity contribution in [3.05, 3.63) is 70.8 Å². The molecular weight excluding hydrogens is 246 g/mol. The number of hydrogen-bond acceptors (Lipinski definition) is 1. The maximum absolute atomic E-state index is 13.6. The molecule has 0 saturated heterocycles. The lowest BCUT2D eigenvalue weighted by atomic mass is 9.91. The first-order chi connectivity index (χ1) is 9.06. The Balaban J connectivity index is 1.87. The molecule has 0 unspecified atom stereocenters.